The normalized spacial score (nSPS) is 10.6. The van der Waals surface area contributed by atoms with Gasteiger partial charge in [-0.2, -0.15) is 12.6 Å². The van der Waals surface area contributed by atoms with Crippen molar-refractivity contribution >= 4 is 18.4 Å². The molecular weight excluding hydrogens is 144 g/mol. The number of allylic oxidation sites excluding steroid dienone is 2. The predicted molar refractivity (Wildman–Crippen MR) is 47.5 cm³/mol. The van der Waals surface area contributed by atoms with E-state index in [0.29, 0.717) is 6.42 Å². The minimum absolute atomic E-state index is 0.208. The van der Waals surface area contributed by atoms with Gasteiger partial charge < -0.3 is 0 Å². The Kier molecular flexibility index (Phi) is 6.71. The summed E-state index contributed by atoms with van der Waals surface area (Å²) in [6, 6.07) is 0. The molecule has 0 aliphatic heterocycles. The van der Waals surface area contributed by atoms with Gasteiger partial charge in [0.15, 0.2) is 5.78 Å². The van der Waals surface area contributed by atoms with Gasteiger partial charge in [0.05, 0.1) is 0 Å². The van der Waals surface area contributed by atoms with Crippen molar-refractivity contribution in [3.05, 3.63) is 12.2 Å². The molecule has 0 saturated heterocycles. The molecule has 0 heterocycles. The van der Waals surface area contributed by atoms with E-state index in [9.17, 15) is 4.79 Å². The lowest BCUT2D eigenvalue weighted by molar-refractivity contribution is -0.114. The van der Waals surface area contributed by atoms with Crippen molar-refractivity contribution in [3.8, 4) is 0 Å². The standard InChI is InChI=1S/C8H14OS/c1-2-8(9)6-4-3-5-7-10/h4,6,10H,2-3,5,7H2,1H3/b6-4+. The van der Waals surface area contributed by atoms with Crippen LogP contribution in [0.1, 0.15) is 26.2 Å². The first-order valence-corrected chi connectivity index (χ1v) is 4.24. The molecule has 0 atom stereocenters. The van der Waals surface area contributed by atoms with Gasteiger partial charge in [0.25, 0.3) is 0 Å². The van der Waals surface area contributed by atoms with Gasteiger partial charge in [0.1, 0.15) is 0 Å². The third-order valence-electron chi connectivity index (χ3n) is 1.18. The average molecular weight is 158 g/mol. The van der Waals surface area contributed by atoms with E-state index in [1.165, 1.54) is 0 Å². The molecule has 10 heavy (non-hydrogen) atoms. The van der Waals surface area contributed by atoms with Crippen molar-refractivity contribution in [2.75, 3.05) is 5.75 Å². The van der Waals surface area contributed by atoms with Crippen LogP contribution >= 0.6 is 12.6 Å². The van der Waals surface area contributed by atoms with Crippen LogP contribution in [0.25, 0.3) is 0 Å². The molecule has 0 N–H and O–H groups in total. The van der Waals surface area contributed by atoms with Crippen LogP contribution in [-0.2, 0) is 4.79 Å². The molecule has 58 valence electrons. The highest BCUT2D eigenvalue weighted by Gasteiger charge is 1.87. The number of rotatable bonds is 5. The highest BCUT2D eigenvalue weighted by molar-refractivity contribution is 7.80. The van der Waals surface area contributed by atoms with Crippen molar-refractivity contribution in [1.82, 2.24) is 0 Å². The zero-order valence-electron chi connectivity index (χ0n) is 6.34. The number of thiol groups is 1. The molecule has 0 unspecified atom stereocenters. The first-order chi connectivity index (χ1) is 4.81. The number of ketones is 1. The zero-order valence-corrected chi connectivity index (χ0v) is 7.23. The molecule has 0 aliphatic carbocycles. The second kappa shape index (κ2) is 6.87. The monoisotopic (exact) mass is 158 g/mol. The SMILES string of the molecule is CCC(=O)/C=C/CCCS. The van der Waals surface area contributed by atoms with Crippen LogP contribution < -0.4 is 0 Å². The van der Waals surface area contributed by atoms with Crippen LogP contribution in [0.4, 0.5) is 0 Å². The van der Waals surface area contributed by atoms with Crippen molar-refractivity contribution in [2.24, 2.45) is 0 Å². The van der Waals surface area contributed by atoms with Crippen molar-refractivity contribution < 1.29 is 4.79 Å². The topological polar surface area (TPSA) is 17.1 Å². The lowest BCUT2D eigenvalue weighted by Crippen LogP contribution is -1.86. The van der Waals surface area contributed by atoms with E-state index in [4.69, 9.17) is 0 Å². The fourth-order valence-electron chi connectivity index (χ4n) is 0.542. The molecule has 0 aliphatic rings. The smallest absolute Gasteiger partial charge is 0.155 e. The Balaban J connectivity index is 3.27. The maximum absolute atomic E-state index is 10.7. The predicted octanol–water partition coefficient (Wildman–Crippen LogP) is 2.23. The van der Waals surface area contributed by atoms with Gasteiger partial charge in [-0.3, -0.25) is 4.79 Å². The van der Waals surface area contributed by atoms with Crippen molar-refractivity contribution in [3.63, 3.8) is 0 Å². The molecule has 0 rings (SSSR count). The second-order valence-electron chi connectivity index (χ2n) is 2.09. The van der Waals surface area contributed by atoms with Crippen LogP contribution in [0.15, 0.2) is 12.2 Å². The van der Waals surface area contributed by atoms with Gasteiger partial charge >= 0.3 is 0 Å². The molecule has 0 aromatic rings. The van der Waals surface area contributed by atoms with Gasteiger partial charge in [-0.15, -0.1) is 0 Å². The quantitative estimate of drug-likeness (QED) is 0.369. The molecule has 0 spiro atoms. The summed E-state index contributed by atoms with van der Waals surface area (Å²) in [5.41, 5.74) is 0. The molecule has 0 aromatic heterocycles. The van der Waals surface area contributed by atoms with E-state index >= 15 is 0 Å². The van der Waals surface area contributed by atoms with E-state index in [2.05, 4.69) is 12.6 Å². The Bertz CT molecular complexity index is 118. The Morgan fingerprint density at radius 3 is 2.80 bits per heavy atom. The van der Waals surface area contributed by atoms with Crippen LogP contribution in [-0.4, -0.2) is 11.5 Å². The lowest BCUT2D eigenvalue weighted by Gasteiger charge is -1.87. The maximum atomic E-state index is 10.7. The number of hydrogen-bond donors (Lipinski definition) is 1. The van der Waals surface area contributed by atoms with Crippen molar-refractivity contribution in [1.29, 1.82) is 0 Å². The van der Waals surface area contributed by atoms with Gasteiger partial charge in [-0.1, -0.05) is 13.0 Å². The van der Waals surface area contributed by atoms with E-state index in [1.54, 1.807) is 6.08 Å². The maximum Gasteiger partial charge on any atom is 0.155 e. The first-order valence-electron chi connectivity index (χ1n) is 3.61. The van der Waals surface area contributed by atoms with Gasteiger partial charge in [0, 0.05) is 6.42 Å². The van der Waals surface area contributed by atoms with E-state index in [0.717, 1.165) is 18.6 Å². The van der Waals surface area contributed by atoms with Crippen LogP contribution in [0.3, 0.4) is 0 Å². The number of unbranched alkanes of at least 4 members (excludes halogenated alkanes) is 1. The van der Waals surface area contributed by atoms with E-state index in [1.807, 2.05) is 13.0 Å². The molecular formula is C8H14OS. The van der Waals surface area contributed by atoms with E-state index < -0.39 is 0 Å². The molecule has 0 amide bonds. The Morgan fingerprint density at radius 2 is 2.30 bits per heavy atom. The first kappa shape index (κ1) is 9.76. The molecule has 0 saturated carbocycles. The summed E-state index contributed by atoms with van der Waals surface area (Å²) >= 11 is 4.05. The Morgan fingerprint density at radius 1 is 1.60 bits per heavy atom. The summed E-state index contributed by atoms with van der Waals surface area (Å²) in [6.07, 6.45) is 6.20. The van der Waals surface area contributed by atoms with Crippen LogP contribution in [0.5, 0.6) is 0 Å². The van der Waals surface area contributed by atoms with E-state index in [-0.39, 0.29) is 5.78 Å². The van der Waals surface area contributed by atoms with Crippen LogP contribution in [0.2, 0.25) is 0 Å². The summed E-state index contributed by atoms with van der Waals surface area (Å²) < 4.78 is 0. The molecule has 2 heteroatoms. The Labute approximate surface area is 67.9 Å². The number of hydrogen-bond acceptors (Lipinski definition) is 2. The zero-order chi connectivity index (χ0) is 7.82. The average Bonchev–Trinajstić information content (AvgIpc) is 1.98. The van der Waals surface area contributed by atoms with Crippen LogP contribution in [0, 0.1) is 0 Å². The fraction of sp³-hybridized carbons (Fsp3) is 0.625. The summed E-state index contributed by atoms with van der Waals surface area (Å²) in [7, 11) is 0. The van der Waals surface area contributed by atoms with Crippen molar-refractivity contribution in [2.45, 2.75) is 26.2 Å². The summed E-state index contributed by atoms with van der Waals surface area (Å²) in [6.45, 7) is 1.87. The molecule has 1 nitrogen and oxygen atoms in total. The molecule has 0 bridgehead atoms. The highest BCUT2D eigenvalue weighted by atomic mass is 32.1. The number of carbonyl (C=O) groups excluding carboxylic acids is 1. The fourth-order valence-corrected chi connectivity index (χ4v) is 0.724. The third kappa shape index (κ3) is 5.89. The molecule has 0 radical (unpaired) electrons. The minimum Gasteiger partial charge on any atom is -0.295 e. The molecule has 0 aromatic carbocycles. The summed E-state index contributed by atoms with van der Waals surface area (Å²) in [4.78, 5) is 10.7. The number of carbonyl (C=O) groups is 1. The highest BCUT2D eigenvalue weighted by Crippen LogP contribution is 1.93. The van der Waals surface area contributed by atoms with Gasteiger partial charge in [-0.25, -0.2) is 0 Å². The third-order valence-corrected chi connectivity index (χ3v) is 1.50. The lowest BCUT2D eigenvalue weighted by atomic mass is 10.2. The molecule has 0 fully saturated rings. The summed E-state index contributed by atoms with van der Waals surface area (Å²) in [5, 5.41) is 0. The second-order valence-corrected chi connectivity index (χ2v) is 2.54. The Hall–Kier alpha value is -0.240. The van der Waals surface area contributed by atoms with Gasteiger partial charge in [0.2, 0.25) is 0 Å². The largest absolute Gasteiger partial charge is 0.295 e. The minimum atomic E-state index is 0.208. The summed E-state index contributed by atoms with van der Waals surface area (Å²) in [5.74, 6) is 1.10. The van der Waals surface area contributed by atoms with Gasteiger partial charge in [-0.05, 0) is 24.7 Å².